The third kappa shape index (κ3) is 3.23. The molecule has 2 heteroatoms. The van der Waals surface area contributed by atoms with Crippen LogP contribution < -0.4 is 10.2 Å². The molecule has 0 spiro atoms. The molecule has 17 heavy (non-hydrogen) atoms. The van der Waals surface area contributed by atoms with Crippen LogP contribution in [0.1, 0.15) is 59.3 Å². The van der Waals surface area contributed by atoms with E-state index < -0.39 is 0 Å². The van der Waals surface area contributed by atoms with Crippen LogP contribution in [0.15, 0.2) is 0 Å². The molecule has 2 nitrogen and oxygen atoms in total. The molecule has 0 aromatic heterocycles. The van der Waals surface area contributed by atoms with E-state index in [9.17, 15) is 0 Å². The number of hydrogen-bond donors (Lipinski definition) is 0. The van der Waals surface area contributed by atoms with E-state index >= 15 is 0 Å². The molecule has 0 saturated carbocycles. The summed E-state index contributed by atoms with van der Waals surface area (Å²) in [6.45, 7) is 10.8. The van der Waals surface area contributed by atoms with Gasteiger partial charge in [0.05, 0.1) is 6.42 Å². The maximum absolute atomic E-state index is 4.27. The SMILES string of the molecule is C1CCC[N]CC1.CC1CC(C)(C)C2CC[N+]12. The molecule has 3 rings (SSSR count). The number of nitrogens with zero attached hydrogens (tertiary/aromatic N) is 2. The third-order valence-corrected chi connectivity index (χ3v) is 4.73. The largest absolute Gasteiger partial charge is 0.242 e. The highest BCUT2D eigenvalue weighted by Crippen LogP contribution is 2.44. The van der Waals surface area contributed by atoms with Gasteiger partial charge in [0.2, 0.25) is 0 Å². The first-order valence-electron chi connectivity index (χ1n) is 7.50. The Hall–Kier alpha value is -0.0800. The summed E-state index contributed by atoms with van der Waals surface area (Å²) in [6.07, 6.45) is 8.32. The molecule has 0 bridgehead atoms. The van der Waals surface area contributed by atoms with Crippen molar-refractivity contribution in [3.05, 3.63) is 0 Å². The van der Waals surface area contributed by atoms with Crippen LogP contribution in [0.4, 0.5) is 0 Å². The van der Waals surface area contributed by atoms with Gasteiger partial charge in [0.25, 0.3) is 0 Å². The summed E-state index contributed by atoms with van der Waals surface area (Å²) in [6, 6.07) is 1.77. The lowest BCUT2D eigenvalue weighted by Gasteiger charge is -2.32. The van der Waals surface area contributed by atoms with Gasteiger partial charge >= 0.3 is 0 Å². The molecule has 0 N–H and O–H groups in total. The summed E-state index contributed by atoms with van der Waals surface area (Å²) in [4.78, 5) is 2.65. The van der Waals surface area contributed by atoms with Crippen molar-refractivity contribution in [3.63, 3.8) is 0 Å². The van der Waals surface area contributed by atoms with Crippen molar-refractivity contribution in [1.82, 2.24) is 10.2 Å². The van der Waals surface area contributed by atoms with E-state index in [4.69, 9.17) is 0 Å². The molecule has 2 unspecified atom stereocenters. The maximum Gasteiger partial charge on any atom is 0.143 e. The first-order valence-corrected chi connectivity index (χ1v) is 7.50. The van der Waals surface area contributed by atoms with E-state index in [0.717, 1.165) is 25.2 Å². The van der Waals surface area contributed by atoms with Crippen molar-refractivity contribution < 1.29 is 0 Å². The zero-order valence-electron chi connectivity index (χ0n) is 11.9. The fourth-order valence-electron chi connectivity index (χ4n) is 3.70. The molecule has 0 aromatic carbocycles. The summed E-state index contributed by atoms with van der Waals surface area (Å²) in [7, 11) is 0. The van der Waals surface area contributed by atoms with E-state index in [2.05, 4.69) is 31.0 Å². The van der Waals surface area contributed by atoms with Gasteiger partial charge in [0.15, 0.2) is 0 Å². The van der Waals surface area contributed by atoms with Crippen LogP contribution in [0.3, 0.4) is 0 Å². The Bertz CT molecular complexity index is 217. The van der Waals surface area contributed by atoms with Crippen LogP contribution in [0.5, 0.6) is 0 Å². The lowest BCUT2D eigenvalue weighted by molar-refractivity contribution is 0.151. The van der Waals surface area contributed by atoms with Crippen molar-refractivity contribution in [1.29, 1.82) is 0 Å². The molecule has 3 heterocycles. The van der Waals surface area contributed by atoms with Gasteiger partial charge in [-0.1, -0.05) is 26.7 Å². The van der Waals surface area contributed by atoms with Crippen molar-refractivity contribution in [2.45, 2.75) is 71.4 Å². The predicted molar refractivity (Wildman–Crippen MR) is 73.6 cm³/mol. The molecule has 3 aliphatic rings. The second-order valence-corrected chi connectivity index (χ2v) is 6.67. The highest BCUT2D eigenvalue weighted by molar-refractivity contribution is 5.07. The van der Waals surface area contributed by atoms with Crippen molar-refractivity contribution in [2.24, 2.45) is 5.41 Å². The van der Waals surface area contributed by atoms with Crippen LogP contribution in [0.25, 0.3) is 0 Å². The van der Waals surface area contributed by atoms with Crippen molar-refractivity contribution in [3.8, 4) is 0 Å². The molecule has 2 atom stereocenters. The molecule has 3 fully saturated rings. The minimum atomic E-state index is 0.609. The normalized spacial score (nSPS) is 36.2. The van der Waals surface area contributed by atoms with Crippen molar-refractivity contribution in [2.75, 3.05) is 19.6 Å². The molecule has 2 radical (unpaired) electrons. The maximum atomic E-state index is 4.27. The first-order chi connectivity index (χ1) is 8.11. The molecule has 3 aliphatic heterocycles. The molecule has 0 amide bonds. The van der Waals surface area contributed by atoms with E-state index in [1.165, 1.54) is 45.1 Å². The van der Waals surface area contributed by atoms with E-state index in [0.29, 0.717) is 5.41 Å². The van der Waals surface area contributed by atoms with Gasteiger partial charge in [-0.25, -0.2) is 5.32 Å². The molecule has 3 saturated heterocycles. The van der Waals surface area contributed by atoms with Crippen LogP contribution in [0.2, 0.25) is 0 Å². The average Bonchev–Trinajstić information content (AvgIpc) is 2.42. The topological polar surface area (TPSA) is 20.0 Å². The quantitative estimate of drug-likeness (QED) is 0.577. The van der Waals surface area contributed by atoms with E-state index in [1.807, 2.05) is 0 Å². The van der Waals surface area contributed by atoms with Crippen LogP contribution in [-0.2, 0) is 0 Å². The van der Waals surface area contributed by atoms with Gasteiger partial charge in [0, 0.05) is 24.9 Å². The zero-order chi connectivity index (χ0) is 12.3. The monoisotopic (exact) mass is 237 g/mol. The van der Waals surface area contributed by atoms with Crippen LogP contribution >= 0.6 is 0 Å². The van der Waals surface area contributed by atoms with Gasteiger partial charge in [-0.3, -0.25) is 0 Å². The Morgan fingerprint density at radius 3 is 2.06 bits per heavy atom. The average molecular weight is 237 g/mol. The summed E-state index contributed by atoms with van der Waals surface area (Å²) < 4.78 is 0. The van der Waals surface area contributed by atoms with E-state index in [1.54, 1.807) is 0 Å². The number of hydrogen-bond acceptors (Lipinski definition) is 1. The molecule has 0 aliphatic carbocycles. The Morgan fingerprint density at radius 1 is 1.06 bits per heavy atom. The minimum Gasteiger partial charge on any atom is -0.242 e. The third-order valence-electron chi connectivity index (χ3n) is 4.73. The summed E-state index contributed by atoms with van der Waals surface area (Å²) in [5.74, 6) is 0. The minimum absolute atomic E-state index is 0.609. The van der Waals surface area contributed by atoms with Gasteiger partial charge in [-0.2, -0.15) is 4.90 Å². The Labute approximate surface area is 107 Å². The standard InChI is InChI=1S/C9H17N.C6H12N/c1-7-6-9(2,3)8-4-5-10(7)8;1-2-4-6-7-5-3-1/h7-8H,4-6H2,1-3H3;1-6H2/q+1;. The summed E-state index contributed by atoms with van der Waals surface area (Å²) in [5.41, 5.74) is 0.609. The van der Waals surface area contributed by atoms with E-state index in [-0.39, 0.29) is 0 Å². The van der Waals surface area contributed by atoms with Crippen LogP contribution in [-0.4, -0.2) is 31.7 Å². The Morgan fingerprint density at radius 2 is 1.71 bits per heavy atom. The Kier molecular flexibility index (Phi) is 4.48. The zero-order valence-corrected chi connectivity index (χ0v) is 11.9. The smallest absolute Gasteiger partial charge is 0.143 e. The number of fused-ring (bicyclic) bond motifs is 1. The fraction of sp³-hybridized carbons (Fsp3) is 1.00. The second kappa shape index (κ2) is 5.71. The highest BCUT2D eigenvalue weighted by Gasteiger charge is 2.58. The summed E-state index contributed by atoms with van der Waals surface area (Å²) in [5, 5.41) is 4.27. The van der Waals surface area contributed by atoms with Gasteiger partial charge in [-0.05, 0) is 19.8 Å². The molecule has 0 aromatic rings. The molecular weight excluding hydrogens is 208 g/mol. The first kappa shape index (κ1) is 13.4. The Balaban J connectivity index is 0.000000136. The lowest BCUT2D eigenvalue weighted by Crippen LogP contribution is -2.55. The van der Waals surface area contributed by atoms with Gasteiger partial charge in [0.1, 0.15) is 18.6 Å². The highest BCUT2D eigenvalue weighted by atomic mass is 15.3. The number of rotatable bonds is 0. The van der Waals surface area contributed by atoms with Crippen molar-refractivity contribution >= 4 is 0 Å². The second-order valence-electron chi connectivity index (χ2n) is 6.67. The molecular formula is C15H29N2+. The fourth-order valence-corrected chi connectivity index (χ4v) is 3.70. The lowest BCUT2D eigenvalue weighted by atomic mass is 9.80. The van der Waals surface area contributed by atoms with Gasteiger partial charge in [-0.15, -0.1) is 0 Å². The van der Waals surface area contributed by atoms with Gasteiger partial charge < -0.3 is 0 Å². The molecule has 98 valence electrons. The van der Waals surface area contributed by atoms with Crippen LogP contribution in [0, 0.1) is 5.41 Å². The summed E-state index contributed by atoms with van der Waals surface area (Å²) >= 11 is 0. The predicted octanol–water partition coefficient (Wildman–Crippen LogP) is 2.88.